The first-order chi connectivity index (χ1) is 7.16. The average Bonchev–Trinajstić information content (AvgIpc) is 2.23. The number of unbranched alkanes of at least 4 members (excludes halogenated alkanes) is 1. The zero-order chi connectivity index (χ0) is 11.3. The van der Waals surface area contributed by atoms with E-state index >= 15 is 0 Å². The highest BCUT2D eigenvalue weighted by Gasteiger charge is 2.09. The minimum atomic E-state index is -0.688. The Bertz CT molecular complexity index is 407. The van der Waals surface area contributed by atoms with Gasteiger partial charge in [-0.05, 0) is 34.5 Å². The number of aliphatic hydroxyl groups excluding tert-OH is 1. The first-order valence-electron chi connectivity index (χ1n) is 4.40. The number of hydrogen-bond donors (Lipinski definition) is 1. The van der Waals surface area contributed by atoms with Crippen LogP contribution in [0, 0.1) is 23.5 Å². The van der Waals surface area contributed by atoms with Gasteiger partial charge in [-0.2, -0.15) is 0 Å². The lowest BCUT2D eigenvalue weighted by molar-refractivity contribution is 0.290. The molecule has 0 heterocycles. The fourth-order valence-corrected chi connectivity index (χ4v) is 1.29. The lowest BCUT2D eigenvalue weighted by Crippen LogP contribution is -1.91. The topological polar surface area (TPSA) is 20.2 Å². The molecule has 80 valence electrons. The highest BCUT2D eigenvalue weighted by molar-refractivity contribution is 9.10. The first kappa shape index (κ1) is 12.2. The quantitative estimate of drug-likeness (QED) is 0.500. The minimum absolute atomic E-state index is 0.0259. The molecule has 0 aliphatic heterocycles. The molecule has 0 aliphatic rings. The zero-order valence-corrected chi connectivity index (χ0v) is 9.44. The van der Waals surface area contributed by atoms with Gasteiger partial charge in [0.2, 0.25) is 0 Å². The Morgan fingerprint density at radius 3 is 2.73 bits per heavy atom. The summed E-state index contributed by atoms with van der Waals surface area (Å²) in [5, 5.41) is 8.49. The van der Waals surface area contributed by atoms with Crippen LogP contribution in [-0.4, -0.2) is 11.7 Å². The third-order valence-electron chi connectivity index (χ3n) is 1.72. The predicted octanol–water partition coefficient (Wildman–Crippen LogP) is 2.85. The van der Waals surface area contributed by atoms with Gasteiger partial charge in [0.1, 0.15) is 5.82 Å². The maximum Gasteiger partial charge on any atom is 0.155 e. The molecule has 0 aliphatic carbocycles. The summed E-state index contributed by atoms with van der Waals surface area (Å²) in [6.07, 6.45) is 0.923. The Morgan fingerprint density at radius 2 is 2.07 bits per heavy atom. The van der Waals surface area contributed by atoms with E-state index in [4.69, 9.17) is 5.11 Å². The number of rotatable bonds is 2. The number of halogens is 3. The maximum atomic E-state index is 13.3. The fourth-order valence-electron chi connectivity index (χ4n) is 0.960. The van der Waals surface area contributed by atoms with Gasteiger partial charge in [-0.15, -0.1) is 0 Å². The van der Waals surface area contributed by atoms with Gasteiger partial charge in [0.15, 0.2) is 5.82 Å². The molecule has 15 heavy (non-hydrogen) atoms. The van der Waals surface area contributed by atoms with E-state index in [1.54, 1.807) is 0 Å². The lowest BCUT2D eigenvalue weighted by Gasteiger charge is -1.98. The van der Waals surface area contributed by atoms with Crippen molar-refractivity contribution in [3.05, 3.63) is 33.8 Å². The monoisotopic (exact) mass is 274 g/mol. The summed E-state index contributed by atoms with van der Waals surface area (Å²) in [6, 6.07) is 2.45. The van der Waals surface area contributed by atoms with Crippen molar-refractivity contribution in [2.45, 2.75) is 12.8 Å². The zero-order valence-electron chi connectivity index (χ0n) is 7.86. The molecule has 1 N–H and O–H groups in total. The molecule has 0 amide bonds. The number of aliphatic hydroxyl groups is 1. The van der Waals surface area contributed by atoms with Gasteiger partial charge in [-0.3, -0.25) is 0 Å². The summed E-state index contributed by atoms with van der Waals surface area (Å²) >= 11 is 2.95. The summed E-state index contributed by atoms with van der Waals surface area (Å²) in [4.78, 5) is 0. The molecule has 0 aromatic heterocycles. The van der Waals surface area contributed by atoms with Gasteiger partial charge in [0.25, 0.3) is 0 Å². The average molecular weight is 275 g/mol. The predicted molar refractivity (Wildman–Crippen MR) is 57.3 cm³/mol. The minimum Gasteiger partial charge on any atom is -0.396 e. The second kappa shape index (κ2) is 5.84. The van der Waals surface area contributed by atoms with Gasteiger partial charge >= 0.3 is 0 Å². The Morgan fingerprint density at radius 1 is 1.33 bits per heavy atom. The highest BCUT2D eigenvalue weighted by atomic mass is 79.9. The smallest absolute Gasteiger partial charge is 0.155 e. The molecule has 0 unspecified atom stereocenters. The van der Waals surface area contributed by atoms with E-state index in [0.717, 1.165) is 6.07 Å². The third-order valence-corrected chi connectivity index (χ3v) is 2.33. The molecule has 0 saturated carbocycles. The van der Waals surface area contributed by atoms with E-state index < -0.39 is 11.6 Å². The third kappa shape index (κ3) is 3.29. The van der Waals surface area contributed by atoms with Crippen LogP contribution in [0.4, 0.5) is 8.78 Å². The standard InChI is InChI=1S/C11H9BrF2O/c12-9-5-6-10(13)8(11(9)14)4-2-1-3-7-15/h5-6,15H,1,3,7H2. The highest BCUT2D eigenvalue weighted by Crippen LogP contribution is 2.20. The van der Waals surface area contributed by atoms with E-state index in [9.17, 15) is 8.78 Å². The van der Waals surface area contributed by atoms with Crippen LogP contribution in [0.5, 0.6) is 0 Å². The summed E-state index contributed by atoms with van der Waals surface area (Å²) in [5.41, 5.74) is -0.234. The Hall–Kier alpha value is -0.920. The van der Waals surface area contributed by atoms with E-state index in [2.05, 4.69) is 27.8 Å². The van der Waals surface area contributed by atoms with Gasteiger partial charge in [-0.1, -0.05) is 11.8 Å². The van der Waals surface area contributed by atoms with Crippen molar-refractivity contribution < 1.29 is 13.9 Å². The second-order valence-electron chi connectivity index (χ2n) is 2.85. The van der Waals surface area contributed by atoms with E-state index in [1.165, 1.54) is 6.07 Å². The van der Waals surface area contributed by atoms with E-state index in [1.807, 2.05) is 0 Å². The van der Waals surface area contributed by atoms with Crippen molar-refractivity contribution in [2.24, 2.45) is 0 Å². The van der Waals surface area contributed by atoms with Crippen LogP contribution in [0.2, 0.25) is 0 Å². The van der Waals surface area contributed by atoms with Crippen LogP contribution >= 0.6 is 15.9 Å². The summed E-state index contributed by atoms with van der Waals surface area (Å²) in [6.45, 7) is 0.0259. The van der Waals surface area contributed by atoms with Crippen LogP contribution in [0.3, 0.4) is 0 Å². The molecule has 0 saturated heterocycles. The van der Waals surface area contributed by atoms with Crippen molar-refractivity contribution in [3.63, 3.8) is 0 Å². The van der Waals surface area contributed by atoms with Crippen LogP contribution < -0.4 is 0 Å². The fraction of sp³-hybridized carbons (Fsp3) is 0.273. The van der Waals surface area contributed by atoms with Gasteiger partial charge in [-0.25, -0.2) is 8.78 Å². The number of hydrogen-bond acceptors (Lipinski definition) is 1. The molecule has 0 fully saturated rings. The van der Waals surface area contributed by atoms with Crippen LogP contribution in [0.15, 0.2) is 16.6 Å². The van der Waals surface area contributed by atoms with E-state index in [-0.39, 0.29) is 16.6 Å². The molecular formula is C11H9BrF2O. The molecule has 4 heteroatoms. The van der Waals surface area contributed by atoms with Crippen molar-refractivity contribution in [1.29, 1.82) is 0 Å². The maximum absolute atomic E-state index is 13.3. The Kier molecular flexibility index (Phi) is 4.73. The molecule has 0 bridgehead atoms. The lowest BCUT2D eigenvalue weighted by atomic mass is 10.2. The van der Waals surface area contributed by atoms with Crippen molar-refractivity contribution in [1.82, 2.24) is 0 Å². The molecule has 1 nitrogen and oxygen atoms in total. The summed E-state index contributed by atoms with van der Waals surface area (Å²) < 4.78 is 26.6. The molecule has 1 rings (SSSR count). The van der Waals surface area contributed by atoms with E-state index in [0.29, 0.717) is 12.8 Å². The molecule has 1 aromatic rings. The number of benzene rings is 1. The molecule has 0 spiro atoms. The second-order valence-corrected chi connectivity index (χ2v) is 3.70. The SMILES string of the molecule is OCCCC#Cc1c(F)ccc(Br)c1F. The van der Waals surface area contributed by atoms with Crippen molar-refractivity contribution >= 4 is 15.9 Å². The van der Waals surface area contributed by atoms with Crippen LogP contribution in [-0.2, 0) is 0 Å². The van der Waals surface area contributed by atoms with Gasteiger partial charge in [0, 0.05) is 13.0 Å². The Balaban J connectivity index is 2.92. The van der Waals surface area contributed by atoms with Crippen molar-refractivity contribution in [3.8, 4) is 11.8 Å². The van der Waals surface area contributed by atoms with Crippen LogP contribution in [0.25, 0.3) is 0 Å². The molecule has 1 aromatic carbocycles. The summed E-state index contributed by atoms with van der Waals surface area (Å²) in [7, 11) is 0. The largest absolute Gasteiger partial charge is 0.396 e. The van der Waals surface area contributed by atoms with Gasteiger partial charge < -0.3 is 5.11 Å². The van der Waals surface area contributed by atoms with Crippen LogP contribution in [0.1, 0.15) is 18.4 Å². The van der Waals surface area contributed by atoms with Crippen molar-refractivity contribution in [2.75, 3.05) is 6.61 Å². The first-order valence-corrected chi connectivity index (χ1v) is 5.19. The molecular weight excluding hydrogens is 266 g/mol. The normalized spacial score (nSPS) is 9.60. The summed E-state index contributed by atoms with van der Waals surface area (Å²) in [5.74, 6) is 3.65. The van der Waals surface area contributed by atoms with Gasteiger partial charge in [0.05, 0.1) is 10.0 Å². The molecule has 0 radical (unpaired) electrons. The molecule has 0 atom stereocenters. The Labute approximate surface area is 95.2 Å².